The topological polar surface area (TPSA) is 26.0 Å². The zero-order chi connectivity index (χ0) is 13.2. The predicted molar refractivity (Wildman–Crippen MR) is 78.9 cm³/mol. The molecule has 0 fully saturated rings. The summed E-state index contributed by atoms with van der Waals surface area (Å²) in [5.74, 6) is -0.197. The minimum absolute atomic E-state index is 0.0390. The van der Waals surface area contributed by atoms with Gasteiger partial charge in [-0.05, 0) is 35.6 Å². The maximum Gasteiger partial charge on any atom is 0.124 e. The Kier molecular flexibility index (Phi) is 3.32. The molecule has 1 aromatic heterocycles. The van der Waals surface area contributed by atoms with Gasteiger partial charge >= 0.3 is 0 Å². The molecule has 0 saturated heterocycles. The zero-order valence-corrected chi connectivity index (χ0v) is 11.2. The van der Waals surface area contributed by atoms with E-state index in [1.807, 2.05) is 18.2 Å². The third kappa shape index (κ3) is 2.67. The van der Waals surface area contributed by atoms with Crippen molar-refractivity contribution < 1.29 is 4.39 Å². The van der Waals surface area contributed by atoms with Crippen LogP contribution in [-0.2, 0) is 6.42 Å². The van der Waals surface area contributed by atoms with Crippen molar-refractivity contribution in [3.05, 3.63) is 70.9 Å². The Balaban J connectivity index is 1.87. The molecule has 3 heteroatoms. The number of rotatable bonds is 3. The summed E-state index contributed by atoms with van der Waals surface area (Å²) in [6.07, 6.45) is 0.802. The minimum atomic E-state index is -0.197. The summed E-state index contributed by atoms with van der Waals surface area (Å²) >= 11 is 1.57. The fourth-order valence-electron chi connectivity index (χ4n) is 2.18. The highest BCUT2D eigenvalue weighted by Gasteiger charge is 2.11. The molecule has 2 aromatic carbocycles. The van der Waals surface area contributed by atoms with Crippen molar-refractivity contribution in [2.24, 2.45) is 5.73 Å². The van der Waals surface area contributed by atoms with Gasteiger partial charge in [-0.1, -0.05) is 36.4 Å². The van der Waals surface area contributed by atoms with E-state index in [1.165, 1.54) is 11.6 Å². The third-order valence-electron chi connectivity index (χ3n) is 3.17. The van der Waals surface area contributed by atoms with E-state index in [1.54, 1.807) is 23.5 Å². The Morgan fingerprint density at radius 1 is 1.05 bits per heavy atom. The highest BCUT2D eigenvalue weighted by Crippen LogP contribution is 2.30. The lowest BCUT2D eigenvalue weighted by atomic mass is 10.1. The average Bonchev–Trinajstić information content (AvgIpc) is 2.83. The fraction of sp³-hybridized carbons (Fsp3) is 0.125. The first-order chi connectivity index (χ1) is 9.22. The van der Waals surface area contributed by atoms with Gasteiger partial charge in [0.15, 0.2) is 0 Å². The molecule has 1 nitrogen and oxygen atoms in total. The van der Waals surface area contributed by atoms with E-state index in [2.05, 4.69) is 18.2 Å². The zero-order valence-electron chi connectivity index (χ0n) is 10.3. The molecule has 1 heterocycles. The summed E-state index contributed by atoms with van der Waals surface area (Å²) in [7, 11) is 0. The number of halogens is 1. The molecule has 0 aliphatic rings. The molecule has 96 valence electrons. The van der Waals surface area contributed by atoms with Gasteiger partial charge in [-0.2, -0.15) is 0 Å². The first-order valence-electron chi connectivity index (χ1n) is 6.21. The molecule has 0 spiro atoms. The van der Waals surface area contributed by atoms with Crippen LogP contribution < -0.4 is 5.73 Å². The van der Waals surface area contributed by atoms with E-state index in [0.717, 1.165) is 21.4 Å². The smallest absolute Gasteiger partial charge is 0.124 e. The molecule has 0 saturated carbocycles. The number of hydrogen-bond donors (Lipinski definition) is 1. The lowest BCUT2D eigenvalue weighted by Crippen LogP contribution is -2.11. The molecule has 0 aliphatic heterocycles. The van der Waals surface area contributed by atoms with Gasteiger partial charge in [-0.15, -0.1) is 11.3 Å². The van der Waals surface area contributed by atoms with E-state index in [0.29, 0.717) is 0 Å². The fourth-order valence-corrected chi connectivity index (χ4v) is 3.27. The van der Waals surface area contributed by atoms with Crippen LogP contribution in [0, 0.1) is 5.82 Å². The summed E-state index contributed by atoms with van der Waals surface area (Å²) in [4.78, 5) is 1.10. The van der Waals surface area contributed by atoms with Gasteiger partial charge in [0, 0.05) is 15.6 Å². The van der Waals surface area contributed by atoms with Crippen LogP contribution >= 0.6 is 11.3 Å². The van der Waals surface area contributed by atoms with Crippen molar-refractivity contribution in [3.8, 4) is 0 Å². The van der Waals surface area contributed by atoms with Crippen LogP contribution in [0.25, 0.3) is 10.1 Å². The van der Waals surface area contributed by atoms with E-state index < -0.39 is 0 Å². The first kappa shape index (κ1) is 12.3. The Hall–Kier alpha value is -1.71. The van der Waals surface area contributed by atoms with Crippen LogP contribution in [0.3, 0.4) is 0 Å². The van der Waals surface area contributed by atoms with Gasteiger partial charge in [0.1, 0.15) is 5.82 Å². The average molecular weight is 271 g/mol. The summed E-state index contributed by atoms with van der Waals surface area (Å²) in [6, 6.07) is 17.1. The number of fused-ring (bicyclic) bond motifs is 1. The standard InChI is InChI=1S/C16H14FNS/c17-13-7-6-12-9-16(19-15(12)10-13)14(18)8-11-4-2-1-3-5-11/h1-7,9-10,14H,8,18H2. The predicted octanol–water partition coefficient (Wildman–Crippen LogP) is 4.28. The molecule has 2 N–H and O–H groups in total. The van der Waals surface area contributed by atoms with Gasteiger partial charge in [0.05, 0.1) is 0 Å². The van der Waals surface area contributed by atoms with Crippen LogP contribution in [0.15, 0.2) is 54.6 Å². The molecule has 0 aliphatic carbocycles. The quantitative estimate of drug-likeness (QED) is 0.756. The molecule has 19 heavy (non-hydrogen) atoms. The van der Waals surface area contributed by atoms with Crippen LogP contribution in [0.1, 0.15) is 16.5 Å². The highest BCUT2D eigenvalue weighted by molar-refractivity contribution is 7.19. The molecule has 0 radical (unpaired) electrons. The van der Waals surface area contributed by atoms with Gasteiger partial charge in [0.25, 0.3) is 0 Å². The second kappa shape index (κ2) is 5.11. The summed E-state index contributed by atoms with van der Waals surface area (Å²) < 4.78 is 14.1. The second-order valence-corrected chi connectivity index (χ2v) is 5.74. The van der Waals surface area contributed by atoms with Crippen LogP contribution in [-0.4, -0.2) is 0 Å². The van der Waals surface area contributed by atoms with Gasteiger partial charge < -0.3 is 5.73 Å². The van der Waals surface area contributed by atoms with E-state index in [-0.39, 0.29) is 11.9 Å². The van der Waals surface area contributed by atoms with Crippen LogP contribution in [0.2, 0.25) is 0 Å². The molecule has 3 rings (SSSR count). The van der Waals surface area contributed by atoms with Crippen molar-refractivity contribution in [3.63, 3.8) is 0 Å². The summed E-state index contributed by atoms with van der Waals surface area (Å²) in [5, 5.41) is 1.06. The largest absolute Gasteiger partial charge is 0.323 e. The Labute approximate surface area is 115 Å². The maximum absolute atomic E-state index is 13.2. The van der Waals surface area contributed by atoms with E-state index in [4.69, 9.17) is 5.73 Å². The van der Waals surface area contributed by atoms with E-state index in [9.17, 15) is 4.39 Å². The maximum atomic E-state index is 13.2. The van der Waals surface area contributed by atoms with Gasteiger partial charge in [0.2, 0.25) is 0 Å². The van der Waals surface area contributed by atoms with Crippen molar-refractivity contribution in [2.45, 2.75) is 12.5 Å². The van der Waals surface area contributed by atoms with Crippen LogP contribution in [0.5, 0.6) is 0 Å². The van der Waals surface area contributed by atoms with Crippen molar-refractivity contribution >= 4 is 21.4 Å². The van der Waals surface area contributed by atoms with Gasteiger partial charge in [-0.25, -0.2) is 4.39 Å². The first-order valence-corrected chi connectivity index (χ1v) is 7.02. The number of benzene rings is 2. The molecule has 0 amide bonds. The highest BCUT2D eigenvalue weighted by atomic mass is 32.1. The third-order valence-corrected chi connectivity index (χ3v) is 4.39. The normalized spacial score (nSPS) is 12.7. The SMILES string of the molecule is NC(Cc1ccccc1)c1cc2ccc(F)cc2s1. The number of hydrogen-bond acceptors (Lipinski definition) is 2. The van der Waals surface area contributed by atoms with Crippen LogP contribution in [0.4, 0.5) is 4.39 Å². The Morgan fingerprint density at radius 3 is 2.63 bits per heavy atom. The Morgan fingerprint density at radius 2 is 1.84 bits per heavy atom. The summed E-state index contributed by atoms with van der Waals surface area (Å²) in [6.45, 7) is 0. The van der Waals surface area contributed by atoms with Crippen molar-refractivity contribution in [2.75, 3.05) is 0 Å². The molecular weight excluding hydrogens is 257 g/mol. The number of thiophene rings is 1. The molecular formula is C16H14FNS. The molecule has 3 aromatic rings. The van der Waals surface area contributed by atoms with E-state index >= 15 is 0 Å². The lowest BCUT2D eigenvalue weighted by Gasteiger charge is -2.08. The summed E-state index contributed by atoms with van der Waals surface area (Å²) in [5.41, 5.74) is 7.47. The lowest BCUT2D eigenvalue weighted by molar-refractivity contribution is 0.630. The van der Waals surface area contributed by atoms with Crippen molar-refractivity contribution in [1.82, 2.24) is 0 Å². The minimum Gasteiger partial charge on any atom is -0.323 e. The van der Waals surface area contributed by atoms with Gasteiger partial charge in [-0.3, -0.25) is 0 Å². The monoisotopic (exact) mass is 271 g/mol. The van der Waals surface area contributed by atoms with Crippen molar-refractivity contribution in [1.29, 1.82) is 0 Å². The Bertz CT molecular complexity index is 690. The molecule has 0 bridgehead atoms. The molecule has 1 unspecified atom stereocenters. The number of nitrogens with two attached hydrogens (primary N) is 1. The second-order valence-electron chi connectivity index (χ2n) is 4.63. The molecule has 1 atom stereocenters.